The van der Waals surface area contributed by atoms with Gasteiger partial charge < -0.3 is 25.2 Å². The molecule has 37 heavy (non-hydrogen) atoms. The standard InChI is InChI=1S/C29H30N2O6/c1-29(2,3)37-27(34)30-16-18-9-8-10-19(15-18)25(26(32)33)31-28(35)36-17-24-22-13-6-4-11-20(22)21-12-5-7-14-23(21)24/h4-15,24-25H,16-17H2,1-3H3,(H,30,34)(H,31,35)(H,32,33)/t25-/m0/s1. The van der Waals surface area contributed by atoms with Gasteiger partial charge in [0, 0.05) is 12.5 Å². The number of carboxylic acids is 1. The number of carboxylic acid groups (broad SMARTS) is 1. The molecule has 3 N–H and O–H groups in total. The molecule has 0 aliphatic heterocycles. The Bertz CT molecular complexity index is 1270. The van der Waals surface area contributed by atoms with Gasteiger partial charge in [0.25, 0.3) is 0 Å². The molecule has 1 atom stereocenters. The van der Waals surface area contributed by atoms with Crippen molar-refractivity contribution in [3.63, 3.8) is 0 Å². The van der Waals surface area contributed by atoms with Crippen LogP contribution in [0, 0.1) is 0 Å². The highest BCUT2D eigenvalue weighted by Crippen LogP contribution is 2.44. The van der Waals surface area contributed by atoms with Crippen molar-refractivity contribution >= 4 is 18.2 Å². The van der Waals surface area contributed by atoms with Gasteiger partial charge in [0.2, 0.25) is 0 Å². The largest absolute Gasteiger partial charge is 0.479 e. The quantitative estimate of drug-likeness (QED) is 0.400. The normalized spacial score (nSPS) is 13.2. The van der Waals surface area contributed by atoms with Crippen molar-refractivity contribution in [3.8, 4) is 11.1 Å². The lowest BCUT2D eigenvalue weighted by atomic mass is 9.98. The van der Waals surface area contributed by atoms with Crippen LogP contribution in [0.2, 0.25) is 0 Å². The fraction of sp³-hybridized carbons (Fsp3) is 0.276. The number of carbonyl (C=O) groups excluding carboxylic acids is 2. The molecule has 8 heteroatoms. The zero-order chi connectivity index (χ0) is 26.6. The molecule has 2 amide bonds. The number of carbonyl (C=O) groups is 3. The SMILES string of the molecule is CC(C)(C)OC(=O)NCc1cccc([C@H](NC(=O)OCC2c3ccccc3-c3ccccc32)C(=O)O)c1. The third kappa shape index (κ3) is 6.27. The average Bonchev–Trinajstić information content (AvgIpc) is 3.17. The Kier molecular flexibility index (Phi) is 7.47. The minimum Gasteiger partial charge on any atom is -0.479 e. The van der Waals surface area contributed by atoms with Gasteiger partial charge in [-0.2, -0.15) is 0 Å². The van der Waals surface area contributed by atoms with Gasteiger partial charge in [-0.1, -0.05) is 72.8 Å². The summed E-state index contributed by atoms with van der Waals surface area (Å²) in [5.41, 5.74) is 4.72. The van der Waals surface area contributed by atoms with Crippen molar-refractivity contribution in [3.05, 3.63) is 95.1 Å². The van der Waals surface area contributed by atoms with Gasteiger partial charge >= 0.3 is 18.2 Å². The summed E-state index contributed by atoms with van der Waals surface area (Å²) in [6.07, 6.45) is -1.41. The Labute approximate surface area is 215 Å². The minimum atomic E-state index is -1.32. The summed E-state index contributed by atoms with van der Waals surface area (Å²) < 4.78 is 10.7. The Hall–Kier alpha value is -4.33. The third-order valence-electron chi connectivity index (χ3n) is 5.97. The fourth-order valence-electron chi connectivity index (χ4n) is 4.42. The van der Waals surface area contributed by atoms with Crippen LogP contribution in [0.3, 0.4) is 0 Å². The number of hydrogen-bond donors (Lipinski definition) is 3. The first-order chi connectivity index (χ1) is 17.6. The van der Waals surface area contributed by atoms with Crippen molar-refractivity contribution in [1.82, 2.24) is 10.6 Å². The predicted molar refractivity (Wildman–Crippen MR) is 138 cm³/mol. The Balaban J connectivity index is 1.40. The summed E-state index contributed by atoms with van der Waals surface area (Å²) in [5, 5.41) is 14.9. The van der Waals surface area contributed by atoms with Crippen molar-refractivity contribution in [2.75, 3.05) is 6.61 Å². The van der Waals surface area contributed by atoms with E-state index in [1.54, 1.807) is 45.0 Å². The van der Waals surface area contributed by atoms with E-state index < -0.39 is 29.8 Å². The first-order valence-corrected chi connectivity index (χ1v) is 12.0. The van der Waals surface area contributed by atoms with Gasteiger partial charge in [0.15, 0.2) is 6.04 Å². The Morgan fingerprint density at radius 1 is 0.892 bits per heavy atom. The zero-order valence-corrected chi connectivity index (χ0v) is 21.0. The number of alkyl carbamates (subject to hydrolysis) is 2. The van der Waals surface area contributed by atoms with Gasteiger partial charge in [-0.3, -0.25) is 0 Å². The summed E-state index contributed by atoms with van der Waals surface area (Å²) in [7, 11) is 0. The lowest BCUT2D eigenvalue weighted by Gasteiger charge is -2.20. The molecule has 3 aromatic carbocycles. The highest BCUT2D eigenvalue weighted by Gasteiger charge is 2.30. The van der Waals surface area contributed by atoms with Crippen molar-refractivity contribution < 1.29 is 29.0 Å². The van der Waals surface area contributed by atoms with E-state index in [4.69, 9.17) is 9.47 Å². The molecule has 192 valence electrons. The number of amides is 2. The van der Waals surface area contributed by atoms with E-state index in [0.717, 1.165) is 22.3 Å². The number of benzene rings is 3. The van der Waals surface area contributed by atoms with Gasteiger partial charge in [-0.15, -0.1) is 0 Å². The molecular formula is C29H30N2O6. The molecule has 4 rings (SSSR count). The Morgan fingerprint density at radius 3 is 2.11 bits per heavy atom. The monoisotopic (exact) mass is 502 g/mol. The second-order valence-electron chi connectivity index (χ2n) is 9.84. The van der Waals surface area contributed by atoms with Crippen LogP contribution in [0.15, 0.2) is 72.8 Å². The molecule has 0 aromatic heterocycles. The lowest BCUT2D eigenvalue weighted by molar-refractivity contribution is -0.139. The van der Waals surface area contributed by atoms with E-state index in [9.17, 15) is 19.5 Å². The van der Waals surface area contributed by atoms with Crippen molar-refractivity contribution in [2.45, 2.75) is 44.9 Å². The van der Waals surface area contributed by atoms with Crippen LogP contribution in [-0.4, -0.2) is 35.5 Å². The average molecular weight is 503 g/mol. The first-order valence-electron chi connectivity index (χ1n) is 12.0. The molecule has 0 unspecified atom stereocenters. The maximum absolute atomic E-state index is 12.7. The second kappa shape index (κ2) is 10.7. The lowest BCUT2D eigenvalue weighted by Crippen LogP contribution is -2.35. The van der Waals surface area contributed by atoms with Crippen LogP contribution in [0.25, 0.3) is 11.1 Å². The molecule has 1 aliphatic rings. The molecule has 0 bridgehead atoms. The highest BCUT2D eigenvalue weighted by molar-refractivity contribution is 5.82. The van der Waals surface area contributed by atoms with Gasteiger partial charge in [0.1, 0.15) is 12.2 Å². The number of nitrogens with one attached hydrogen (secondary N) is 2. The van der Waals surface area contributed by atoms with Crippen LogP contribution in [0.1, 0.15) is 55.0 Å². The van der Waals surface area contributed by atoms with Crippen LogP contribution in [-0.2, 0) is 20.8 Å². The van der Waals surface area contributed by atoms with E-state index in [2.05, 4.69) is 10.6 Å². The van der Waals surface area contributed by atoms with Crippen molar-refractivity contribution in [2.24, 2.45) is 0 Å². The number of rotatable bonds is 7. The maximum Gasteiger partial charge on any atom is 0.408 e. The summed E-state index contributed by atoms with van der Waals surface area (Å²) >= 11 is 0. The fourth-order valence-corrected chi connectivity index (χ4v) is 4.42. The van der Waals surface area contributed by atoms with Gasteiger partial charge in [-0.05, 0) is 54.2 Å². The molecule has 0 saturated carbocycles. The minimum absolute atomic E-state index is 0.0754. The number of aliphatic carboxylic acids is 1. The molecule has 0 radical (unpaired) electrons. The predicted octanol–water partition coefficient (Wildman–Crippen LogP) is 5.38. The van der Waals surface area contributed by atoms with E-state index in [1.165, 1.54) is 0 Å². The van der Waals surface area contributed by atoms with Crippen LogP contribution in [0.5, 0.6) is 0 Å². The van der Waals surface area contributed by atoms with Gasteiger partial charge in [-0.25, -0.2) is 14.4 Å². The summed E-state index contributed by atoms with van der Waals surface area (Å²) in [5.74, 6) is -1.37. The van der Waals surface area contributed by atoms with Crippen LogP contribution in [0.4, 0.5) is 9.59 Å². The molecule has 3 aromatic rings. The molecule has 1 aliphatic carbocycles. The summed E-state index contributed by atoms with van der Waals surface area (Å²) in [4.78, 5) is 36.6. The molecule has 8 nitrogen and oxygen atoms in total. The number of ether oxygens (including phenoxy) is 2. The number of fused-ring (bicyclic) bond motifs is 3. The smallest absolute Gasteiger partial charge is 0.408 e. The van der Waals surface area contributed by atoms with E-state index in [0.29, 0.717) is 11.1 Å². The van der Waals surface area contributed by atoms with Crippen LogP contribution < -0.4 is 10.6 Å². The highest BCUT2D eigenvalue weighted by atomic mass is 16.6. The Morgan fingerprint density at radius 2 is 1.51 bits per heavy atom. The van der Waals surface area contributed by atoms with E-state index in [1.807, 2.05) is 48.5 Å². The summed E-state index contributed by atoms with van der Waals surface area (Å²) in [6.45, 7) is 5.50. The van der Waals surface area contributed by atoms with Crippen molar-refractivity contribution in [1.29, 1.82) is 0 Å². The van der Waals surface area contributed by atoms with Gasteiger partial charge in [0.05, 0.1) is 0 Å². The molecule has 0 spiro atoms. The molecule has 0 fully saturated rings. The van der Waals surface area contributed by atoms with Crippen LogP contribution >= 0.6 is 0 Å². The topological polar surface area (TPSA) is 114 Å². The molecule has 0 heterocycles. The van der Waals surface area contributed by atoms with E-state index in [-0.39, 0.29) is 19.1 Å². The first kappa shape index (κ1) is 25.8. The van der Waals surface area contributed by atoms with E-state index >= 15 is 0 Å². The molecule has 0 saturated heterocycles. The maximum atomic E-state index is 12.7. The molecular weight excluding hydrogens is 472 g/mol. The zero-order valence-electron chi connectivity index (χ0n) is 21.0. The number of hydrogen-bond acceptors (Lipinski definition) is 5. The second-order valence-corrected chi connectivity index (χ2v) is 9.84. The summed E-state index contributed by atoms with van der Waals surface area (Å²) in [6, 6.07) is 21.2. The third-order valence-corrected chi connectivity index (χ3v) is 5.97.